The maximum absolute atomic E-state index is 14.1. The van der Waals surface area contributed by atoms with Gasteiger partial charge in [0.15, 0.2) is 5.90 Å². The molecule has 7 nitrogen and oxygen atoms in total. The zero-order valence-electron chi connectivity index (χ0n) is 27.5. The molecule has 2 aromatic rings. The van der Waals surface area contributed by atoms with Crippen molar-refractivity contribution in [1.29, 1.82) is 0 Å². The third kappa shape index (κ3) is 10.6. The summed E-state index contributed by atoms with van der Waals surface area (Å²) in [5, 5.41) is 0. The highest BCUT2D eigenvalue weighted by Gasteiger charge is 2.43. The first-order valence-corrected chi connectivity index (χ1v) is 17.1. The fourth-order valence-corrected chi connectivity index (χ4v) is 7.43. The highest BCUT2D eigenvalue weighted by Crippen LogP contribution is 2.56. The molecule has 11 heteroatoms. The molecule has 2 aromatic carbocycles. The lowest BCUT2D eigenvalue weighted by Crippen LogP contribution is -2.36. The summed E-state index contributed by atoms with van der Waals surface area (Å²) in [6.45, 7) is 12.3. The van der Waals surface area contributed by atoms with Gasteiger partial charge in [0.1, 0.15) is 17.9 Å². The number of fused-ring (bicyclic) bond motifs is 1. The van der Waals surface area contributed by atoms with E-state index in [1.807, 2.05) is 0 Å². The van der Waals surface area contributed by atoms with E-state index in [0.29, 0.717) is 17.9 Å². The van der Waals surface area contributed by atoms with E-state index in [1.165, 1.54) is 29.2 Å². The number of aliphatic imine (C=N–C) groups is 1. The number of phosphoric ester groups is 1. The van der Waals surface area contributed by atoms with Crippen molar-refractivity contribution in [3.63, 3.8) is 0 Å². The fourth-order valence-electron chi connectivity index (χ4n) is 5.55. The summed E-state index contributed by atoms with van der Waals surface area (Å²) in [7, 11) is -4.04. The van der Waals surface area contributed by atoms with Crippen LogP contribution in [0.25, 0.3) is 0 Å². The van der Waals surface area contributed by atoms with Crippen LogP contribution < -0.4 is 4.74 Å². The van der Waals surface area contributed by atoms with Gasteiger partial charge in [-0.25, -0.2) is 9.56 Å². The Morgan fingerprint density at radius 1 is 0.911 bits per heavy atom. The minimum atomic E-state index is -4.58. The molecule has 2 aliphatic rings. The largest absolute Gasteiger partial charge is 0.493 e. The first-order valence-electron chi connectivity index (χ1n) is 15.6. The maximum Gasteiger partial charge on any atom is 0.475 e. The summed E-state index contributed by atoms with van der Waals surface area (Å²) in [6, 6.07) is 10.6. The lowest BCUT2D eigenvalue weighted by molar-refractivity contribution is -0.139. The molecule has 0 saturated heterocycles. The number of halogens is 3. The molecule has 1 unspecified atom stereocenters. The highest BCUT2D eigenvalue weighted by molar-refractivity contribution is 7.48. The number of aryl methyl sites for hydroxylation is 4. The summed E-state index contributed by atoms with van der Waals surface area (Å²) < 4.78 is 84.6. The second-order valence-electron chi connectivity index (χ2n) is 14.0. The molecule has 0 amide bonds. The molecule has 45 heavy (non-hydrogen) atoms. The average Bonchev–Trinajstić information content (AvgIpc) is 3.53. The van der Waals surface area contributed by atoms with Crippen molar-refractivity contribution >= 4 is 13.7 Å². The number of benzene rings is 2. The van der Waals surface area contributed by atoms with Crippen molar-refractivity contribution in [3.8, 4) is 5.75 Å². The van der Waals surface area contributed by atoms with Gasteiger partial charge in [-0.05, 0) is 121 Å². The van der Waals surface area contributed by atoms with Crippen LogP contribution in [0.5, 0.6) is 5.75 Å². The first kappa shape index (κ1) is 35.5. The molecule has 4 rings (SSSR count). The number of hydrogen-bond acceptors (Lipinski definition) is 7. The van der Waals surface area contributed by atoms with Gasteiger partial charge < -0.3 is 9.47 Å². The second kappa shape index (κ2) is 13.8. The van der Waals surface area contributed by atoms with E-state index in [2.05, 4.69) is 23.2 Å². The van der Waals surface area contributed by atoms with E-state index in [0.717, 1.165) is 25.3 Å². The van der Waals surface area contributed by atoms with Crippen molar-refractivity contribution in [2.24, 2.45) is 4.99 Å². The molecule has 0 fully saturated rings. The van der Waals surface area contributed by atoms with Crippen LogP contribution in [0.4, 0.5) is 13.2 Å². The monoisotopic (exact) mass is 653 g/mol. The molecule has 250 valence electrons. The van der Waals surface area contributed by atoms with Gasteiger partial charge in [-0.15, -0.1) is 0 Å². The van der Waals surface area contributed by atoms with E-state index in [4.69, 9.17) is 23.0 Å². The maximum atomic E-state index is 14.1. The van der Waals surface area contributed by atoms with Gasteiger partial charge >= 0.3 is 14.0 Å². The van der Waals surface area contributed by atoms with Gasteiger partial charge in [0.2, 0.25) is 0 Å². The van der Waals surface area contributed by atoms with Crippen LogP contribution in [0, 0.1) is 0 Å². The molecular weight excluding hydrogens is 606 g/mol. The zero-order chi connectivity index (χ0) is 33.1. The Hall–Kier alpha value is -2.39. The van der Waals surface area contributed by atoms with Crippen molar-refractivity contribution in [3.05, 3.63) is 64.2 Å². The smallest absolute Gasteiger partial charge is 0.475 e. The predicted molar refractivity (Wildman–Crippen MR) is 169 cm³/mol. The summed E-state index contributed by atoms with van der Waals surface area (Å²) in [5.74, 6) is 0.234. The lowest BCUT2D eigenvalue weighted by Gasteiger charge is -2.33. The lowest BCUT2D eigenvalue weighted by atomic mass is 9.93. The summed E-state index contributed by atoms with van der Waals surface area (Å²) in [4.78, 5) is 4.60. The topological polar surface area (TPSA) is 75.6 Å². The molecule has 0 N–H and O–H groups in total. The van der Waals surface area contributed by atoms with E-state index in [9.17, 15) is 17.7 Å². The van der Waals surface area contributed by atoms with E-state index in [-0.39, 0.29) is 38.4 Å². The normalized spacial score (nSPS) is 18.9. The molecule has 1 heterocycles. The third-order valence-corrected chi connectivity index (χ3v) is 9.45. The number of rotatable bonds is 13. The summed E-state index contributed by atoms with van der Waals surface area (Å²) >= 11 is 0. The fraction of sp³-hybridized carbons (Fsp3) is 0.618. The van der Waals surface area contributed by atoms with Gasteiger partial charge in [-0.2, -0.15) is 13.2 Å². The van der Waals surface area contributed by atoms with Gasteiger partial charge in [0.05, 0.1) is 30.0 Å². The van der Waals surface area contributed by atoms with Gasteiger partial charge in [-0.3, -0.25) is 13.6 Å². The van der Waals surface area contributed by atoms with Crippen molar-refractivity contribution in [1.82, 2.24) is 0 Å². The van der Waals surface area contributed by atoms with Crippen LogP contribution in [0.2, 0.25) is 0 Å². The Labute approximate surface area is 265 Å². The van der Waals surface area contributed by atoms with Gasteiger partial charge in [0.25, 0.3) is 0 Å². The van der Waals surface area contributed by atoms with Crippen LogP contribution in [0.3, 0.4) is 0 Å². The van der Waals surface area contributed by atoms with E-state index in [1.54, 1.807) is 54.5 Å². The highest BCUT2D eigenvalue weighted by atomic mass is 31.2. The second-order valence-corrected chi connectivity index (χ2v) is 15.5. The standard InChI is InChI=1S/C34H47F3NO6P/c1-24-38-33(22-41-24,23-42-45(39,43-31(2,3)4)44-32(5,6)7)18-17-26-14-16-30(29(21-26)34(35,36)37)40-19-9-10-25-13-15-27-11-8-12-28(27)20-25/h13-16,20-21H,8-12,17-19,22-23H2,1-7H3. The average molecular weight is 654 g/mol. The van der Waals surface area contributed by atoms with E-state index < -0.39 is 36.3 Å². The number of phosphoric acid groups is 1. The Morgan fingerprint density at radius 3 is 2.18 bits per heavy atom. The number of alkyl halides is 3. The SMILES string of the molecule is CC1=NC(CCc2ccc(OCCCc3ccc4c(c3)CCC4)c(C(F)(F)F)c2)(COP(=O)(OC(C)(C)C)OC(C)(C)C)CO1. The Balaban J connectivity index is 1.41. The Morgan fingerprint density at radius 2 is 1.56 bits per heavy atom. The number of nitrogens with zero attached hydrogens (tertiary/aromatic N) is 1. The van der Waals surface area contributed by atoms with Crippen LogP contribution in [0.1, 0.15) is 95.5 Å². The minimum Gasteiger partial charge on any atom is -0.493 e. The number of ether oxygens (including phenoxy) is 2. The molecule has 0 bridgehead atoms. The van der Waals surface area contributed by atoms with Crippen molar-refractivity contribution in [2.45, 2.75) is 116 Å². The molecule has 0 saturated carbocycles. The molecule has 1 aliphatic heterocycles. The number of hydrogen-bond donors (Lipinski definition) is 0. The molecule has 0 radical (unpaired) electrons. The quantitative estimate of drug-likeness (QED) is 0.159. The Kier molecular flexibility index (Phi) is 10.8. The summed E-state index contributed by atoms with van der Waals surface area (Å²) in [6.07, 6.45) is 0.681. The molecular formula is C34H47F3NO6P. The van der Waals surface area contributed by atoms with Crippen LogP contribution >= 0.6 is 7.82 Å². The van der Waals surface area contributed by atoms with E-state index >= 15 is 0 Å². The molecule has 0 spiro atoms. The molecule has 1 atom stereocenters. The van der Waals surface area contributed by atoms with Crippen molar-refractivity contribution in [2.75, 3.05) is 19.8 Å². The predicted octanol–water partition coefficient (Wildman–Crippen LogP) is 9.08. The van der Waals surface area contributed by atoms with Crippen LogP contribution in [0.15, 0.2) is 41.4 Å². The van der Waals surface area contributed by atoms with Crippen molar-refractivity contribution < 1.29 is 40.8 Å². The van der Waals surface area contributed by atoms with Gasteiger partial charge in [0, 0.05) is 6.92 Å². The minimum absolute atomic E-state index is 0.126. The molecule has 1 aliphatic carbocycles. The zero-order valence-corrected chi connectivity index (χ0v) is 28.4. The summed E-state index contributed by atoms with van der Waals surface area (Å²) in [5.41, 5.74) is 0.995. The molecule has 0 aromatic heterocycles. The van der Waals surface area contributed by atoms with Crippen LogP contribution in [-0.4, -0.2) is 42.5 Å². The first-order chi connectivity index (χ1) is 20.8. The van der Waals surface area contributed by atoms with Crippen LogP contribution in [-0.2, 0) is 54.7 Å². The Bertz CT molecular complexity index is 1390. The van der Waals surface area contributed by atoms with Gasteiger partial charge in [-0.1, -0.05) is 24.3 Å². The third-order valence-electron chi connectivity index (χ3n) is 7.47.